The molecule has 29 heavy (non-hydrogen) atoms. The van der Waals surface area contributed by atoms with Gasteiger partial charge in [0.15, 0.2) is 0 Å². The number of aliphatic carboxylic acids is 1. The van der Waals surface area contributed by atoms with Crippen molar-refractivity contribution in [2.45, 2.75) is 13.3 Å². The highest BCUT2D eigenvalue weighted by Crippen LogP contribution is 2.43. The summed E-state index contributed by atoms with van der Waals surface area (Å²) < 4.78 is 6.77. The number of aryl methyl sites for hydroxylation is 1. The van der Waals surface area contributed by atoms with Crippen LogP contribution in [-0.4, -0.2) is 82.0 Å². The molecule has 2 atom stereocenters. The van der Waals surface area contributed by atoms with E-state index in [0.717, 1.165) is 16.9 Å². The summed E-state index contributed by atoms with van der Waals surface area (Å²) in [7, 11) is 1.43. The van der Waals surface area contributed by atoms with Crippen LogP contribution in [0.15, 0.2) is 24.5 Å². The largest absolute Gasteiger partial charge is 0.481 e. The molecule has 0 spiro atoms. The number of nitrogens with zero attached hydrogens (tertiary/aromatic N) is 4. The molecule has 2 aliphatic heterocycles. The number of rotatable bonds is 5. The van der Waals surface area contributed by atoms with Crippen LogP contribution >= 0.6 is 0 Å². The summed E-state index contributed by atoms with van der Waals surface area (Å²) in [4.78, 5) is 44.7. The number of hydrogen-bond acceptors (Lipinski definition) is 5. The molecule has 0 radical (unpaired) electrons. The van der Waals surface area contributed by atoms with Gasteiger partial charge in [-0.15, -0.1) is 0 Å². The van der Waals surface area contributed by atoms with Crippen molar-refractivity contribution in [1.82, 2.24) is 19.2 Å². The third kappa shape index (κ3) is 3.15. The molecule has 9 heteroatoms. The van der Waals surface area contributed by atoms with Gasteiger partial charge in [0.1, 0.15) is 17.7 Å². The number of carbonyl (C=O) groups excluding carboxylic acids is 2. The molecule has 1 N–H and O–H groups in total. The lowest BCUT2D eigenvalue weighted by Gasteiger charge is -2.25. The Kier molecular flexibility index (Phi) is 4.77. The summed E-state index contributed by atoms with van der Waals surface area (Å²) in [6.07, 6.45) is 3.71. The van der Waals surface area contributed by atoms with Crippen LogP contribution in [0.4, 0.5) is 0 Å². The van der Waals surface area contributed by atoms with Gasteiger partial charge in [-0.05, 0) is 18.6 Å². The Morgan fingerprint density at radius 3 is 2.55 bits per heavy atom. The summed E-state index contributed by atoms with van der Waals surface area (Å²) in [6, 6.07) is 3.87. The number of imidazole rings is 1. The van der Waals surface area contributed by atoms with Gasteiger partial charge in [-0.25, -0.2) is 4.98 Å². The standard InChI is InChI=1S/C20H24N4O5/c1-13-4-3-5-24-15(7-21-18(13)24)6-16(25)22-8-14-9-23(17(26)10-29-2)12-20(14,11-22)19(27)28/h3-5,7,14H,6,8-12H2,1-2H3,(H,27,28)/t14-,20-/m0/s1. The number of fused-ring (bicyclic) bond motifs is 2. The zero-order valence-electron chi connectivity index (χ0n) is 16.5. The van der Waals surface area contributed by atoms with Crippen molar-refractivity contribution >= 4 is 23.4 Å². The minimum Gasteiger partial charge on any atom is -0.481 e. The fraction of sp³-hybridized carbons (Fsp3) is 0.500. The Bertz CT molecular complexity index is 986. The van der Waals surface area contributed by atoms with Crippen LogP contribution in [-0.2, 0) is 25.5 Å². The van der Waals surface area contributed by atoms with E-state index < -0.39 is 11.4 Å². The fourth-order valence-corrected chi connectivity index (χ4v) is 4.56. The highest BCUT2D eigenvalue weighted by Gasteiger charge is 2.59. The first-order valence-electron chi connectivity index (χ1n) is 9.55. The van der Waals surface area contributed by atoms with E-state index in [9.17, 15) is 19.5 Å². The van der Waals surface area contributed by atoms with Crippen LogP contribution in [0.5, 0.6) is 0 Å². The van der Waals surface area contributed by atoms with Gasteiger partial charge < -0.3 is 24.0 Å². The molecule has 0 bridgehead atoms. The van der Waals surface area contributed by atoms with Crippen LogP contribution in [0.25, 0.3) is 5.65 Å². The van der Waals surface area contributed by atoms with Crippen LogP contribution < -0.4 is 0 Å². The van der Waals surface area contributed by atoms with E-state index in [-0.39, 0.29) is 43.8 Å². The second kappa shape index (κ2) is 7.14. The SMILES string of the molecule is COCC(=O)N1C[C@@H]2CN(C(=O)Cc3cnc4c(C)cccn34)C[C@]2(C(=O)O)C1. The van der Waals surface area contributed by atoms with Gasteiger partial charge in [-0.1, -0.05) is 6.07 Å². The molecule has 0 aliphatic carbocycles. The number of aromatic nitrogens is 2. The maximum atomic E-state index is 12.9. The number of hydrogen-bond donors (Lipinski definition) is 1. The van der Waals surface area contributed by atoms with E-state index in [2.05, 4.69) is 4.98 Å². The van der Waals surface area contributed by atoms with Crippen LogP contribution in [0.3, 0.4) is 0 Å². The van der Waals surface area contributed by atoms with Gasteiger partial charge in [-0.3, -0.25) is 14.4 Å². The van der Waals surface area contributed by atoms with Crippen molar-refractivity contribution < 1.29 is 24.2 Å². The molecule has 9 nitrogen and oxygen atoms in total. The lowest BCUT2D eigenvalue weighted by atomic mass is 9.81. The molecule has 2 aromatic heterocycles. The monoisotopic (exact) mass is 400 g/mol. The number of carbonyl (C=O) groups is 3. The molecule has 2 saturated heterocycles. The summed E-state index contributed by atoms with van der Waals surface area (Å²) in [5.41, 5.74) is 1.48. The van der Waals surface area contributed by atoms with Crippen molar-refractivity contribution in [2.75, 3.05) is 39.9 Å². The average Bonchev–Trinajstić information content (AvgIpc) is 3.34. The number of carboxylic acid groups (broad SMARTS) is 1. The Labute approximate surface area is 167 Å². The van der Waals surface area contributed by atoms with Crippen molar-refractivity contribution in [3.8, 4) is 0 Å². The second-order valence-electron chi connectivity index (χ2n) is 7.95. The average molecular weight is 400 g/mol. The van der Waals surface area contributed by atoms with Crippen LogP contribution in [0.2, 0.25) is 0 Å². The molecule has 0 unspecified atom stereocenters. The van der Waals surface area contributed by atoms with E-state index in [1.807, 2.05) is 29.7 Å². The third-order valence-corrected chi connectivity index (χ3v) is 6.15. The van der Waals surface area contributed by atoms with Crippen molar-refractivity contribution in [3.63, 3.8) is 0 Å². The summed E-state index contributed by atoms with van der Waals surface area (Å²) in [6.45, 7) is 2.76. The lowest BCUT2D eigenvalue weighted by molar-refractivity contribution is -0.149. The Morgan fingerprint density at radius 2 is 1.93 bits per heavy atom. The Morgan fingerprint density at radius 1 is 1.24 bits per heavy atom. The minimum atomic E-state index is -1.12. The predicted molar refractivity (Wildman–Crippen MR) is 102 cm³/mol. The van der Waals surface area contributed by atoms with E-state index in [1.54, 1.807) is 11.1 Å². The number of ether oxygens (including phenoxy) is 1. The molecule has 2 aromatic rings. The van der Waals surface area contributed by atoms with Crippen LogP contribution in [0.1, 0.15) is 11.3 Å². The molecule has 4 heterocycles. The van der Waals surface area contributed by atoms with E-state index >= 15 is 0 Å². The van der Waals surface area contributed by atoms with E-state index in [4.69, 9.17) is 4.74 Å². The molecule has 2 fully saturated rings. The summed E-state index contributed by atoms with van der Waals surface area (Å²) in [5, 5.41) is 9.91. The highest BCUT2D eigenvalue weighted by molar-refractivity contribution is 5.85. The molecule has 0 saturated carbocycles. The number of methoxy groups -OCH3 is 1. The number of pyridine rings is 1. The van der Waals surface area contributed by atoms with Gasteiger partial charge in [-0.2, -0.15) is 0 Å². The molecule has 154 valence electrons. The highest BCUT2D eigenvalue weighted by atomic mass is 16.5. The molecule has 4 rings (SSSR count). The minimum absolute atomic E-state index is 0.0707. The zero-order valence-corrected chi connectivity index (χ0v) is 16.5. The van der Waals surface area contributed by atoms with Gasteiger partial charge in [0.2, 0.25) is 11.8 Å². The second-order valence-corrected chi connectivity index (χ2v) is 7.95. The van der Waals surface area contributed by atoms with Gasteiger partial charge in [0.05, 0.1) is 12.1 Å². The smallest absolute Gasteiger partial charge is 0.313 e. The topological polar surface area (TPSA) is 104 Å². The Balaban J connectivity index is 1.50. The first-order chi connectivity index (χ1) is 13.9. The Hall–Kier alpha value is -2.94. The zero-order chi connectivity index (χ0) is 20.8. The van der Waals surface area contributed by atoms with E-state index in [1.165, 1.54) is 12.0 Å². The first kappa shape index (κ1) is 19.4. The molecule has 2 aliphatic rings. The van der Waals surface area contributed by atoms with Gasteiger partial charge in [0.25, 0.3) is 0 Å². The normalized spacial score (nSPS) is 23.6. The predicted octanol–water partition coefficient (Wildman–Crippen LogP) is 0.203. The van der Waals surface area contributed by atoms with Crippen molar-refractivity contribution in [3.05, 3.63) is 35.8 Å². The van der Waals surface area contributed by atoms with Crippen LogP contribution in [0, 0.1) is 18.3 Å². The molecule has 2 amide bonds. The third-order valence-electron chi connectivity index (χ3n) is 6.15. The van der Waals surface area contributed by atoms with Crippen molar-refractivity contribution in [2.24, 2.45) is 11.3 Å². The lowest BCUT2D eigenvalue weighted by Crippen LogP contribution is -2.43. The fourth-order valence-electron chi connectivity index (χ4n) is 4.56. The number of likely N-dealkylation sites (tertiary alicyclic amines) is 2. The quantitative estimate of drug-likeness (QED) is 0.769. The maximum absolute atomic E-state index is 12.9. The first-order valence-corrected chi connectivity index (χ1v) is 9.55. The summed E-state index contributed by atoms with van der Waals surface area (Å²) >= 11 is 0. The number of carboxylic acids is 1. The maximum Gasteiger partial charge on any atom is 0.313 e. The van der Waals surface area contributed by atoms with Gasteiger partial charge in [0, 0.05) is 51.6 Å². The summed E-state index contributed by atoms with van der Waals surface area (Å²) in [5.74, 6) is -1.59. The van der Waals surface area contributed by atoms with Gasteiger partial charge >= 0.3 is 5.97 Å². The van der Waals surface area contributed by atoms with Crippen molar-refractivity contribution in [1.29, 1.82) is 0 Å². The molecular formula is C20H24N4O5. The number of amides is 2. The molecule has 0 aromatic carbocycles. The molecular weight excluding hydrogens is 376 g/mol. The van der Waals surface area contributed by atoms with E-state index in [0.29, 0.717) is 13.1 Å².